The number of likely N-dealkylation sites (tertiary alicyclic amines) is 1. The third-order valence-corrected chi connectivity index (χ3v) is 4.13. The molecule has 0 aromatic heterocycles. The van der Waals surface area contributed by atoms with Crippen LogP contribution in [0.3, 0.4) is 0 Å². The van der Waals surface area contributed by atoms with E-state index < -0.39 is 23.2 Å². The van der Waals surface area contributed by atoms with Crippen LogP contribution in [0.15, 0.2) is 18.2 Å². The topological polar surface area (TPSA) is 69.6 Å². The fourth-order valence-corrected chi connectivity index (χ4v) is 2.59. The molecule has 1 aromatic rings. The standard InChI is InChI=1S/C15H19FN2O3/c1-3-15(13(19)20)6-7-18(9-15)14(21)17-12-8-10(2)4-5-11(12)16/h4-5,8H,3,6-7,9H2,1-2H3,(H,17,21)(H,19,20). The lowest BCUT2D eigenvalue weighted by Crippen LogP contribution is -2.38. The summed E-state index contributed by atoms with van der Waals surface area (Å²) in [4.78, 5) is 25.0. The number of rotatable bonds is 3. The molecule has 1 saturated heterocycles. The molecule has 2 amide bonds. The molecule has 21 heavy (non-hydrogen) atoms. The van der Waals surface area contributed by atoms with E-state index in [-0.39, 0.29) is 12.2 Å². The van der Waals surface area contributed by atoms with Crippen molar-refractivity contribution in [2.24, 2.45) is 5.41 Å². The maximum absolute atomic E-state index is 13.6. The Kier molecular flexibility index (Phi) is 4.16. The normalized spacial score (nSPS) is 21.4. The number of aryl methyl sites for hydroxylation is 1. The molecule has 2 N–H and O–H groups in total. The first-order chi connectivity index (χ1) is 9.88. The second-order valence-corrected chi connectivity index (χ2v) is 5.52. The first kappa shape index (κ1) is 15.3. The summed E-state index contributed by atoms with van der Waals surface area (Å²) in [6.07, 6.45) is 0.882. The number of amides is 2. The molecule has 0 saturated carbocycles. The number of benzene rings is 1. The van der Waals surface area contributed by atoms with E-state index in [0.29, 0.717) is 19.4 Å². The van der Waals surface area contributed by atoms with E-state index in [9.17, 15) is 19.1 Å². The predicted octanol–water partition coefficient (Wildman–Crippen LogP) is 2.85. The highest BCUT2D eigenvalue weighted by molar-refractivity contribution is 5.90. The summed E-state index contributed by atoms with van der Waals surface area (Å²) >= 11 is 0. The Labute approximate surface area is 122 Å². The van der Waals surface area contributed by atoms with Crippen molar-refractivity contribution in [3.8, 4) is 0 Å². The molecule has 0 bridgehead atoms. The minimum atomic E-state index is -0.887. The van der Waals surface area contributed by atoms with Crippen LogP contribution in [0.25, 0.3) is 0 Å². The number of anilines is 1. The second-order valence-electron chi connectivity index (χ2n) is 5.52. The lowest BCUT2D eigenvalue weighted by molar-refractivity contribution is -0.148. The van der Waals surface area contributed by atoms with Gasteiger partial charge in [0.25, 0.3) is 0 Å². The second kappa shape index (κ2) is 5.71. The van der Waals surface area contributed by atoms with Gasteiger partial charge in [-0.1, -0.05) is 13.0 Å². The monoisotopic (exact) mass is 294 g/mol. The Morgan fingerprint density at radius 1 is 1.48 bits per heavy atom. The van der Waals surface area contributed by atoms with Gasteiger partial charge in [0.05, 0.1) is 11.1 Å². The molecule has 1 atom stereocenters. The molecule has 1 aromatic carbocycles. The first-order valence-corrected chi connectivity index (χ1v) is 6.93. The molecule has 1 heterocycles. The molecule has 6 heteroatoms. The van der Waals surface area contributed by atoms with Crippen LogP contribution in [0.5, 0.6) is 0 Å². The minimum Gasteiger partial charge on any atom is -0.481 e. The number of carboxylic acids is 1. The average molecular weight is 294 g/mol. The highest BCUT2D eigenvalue weighted by atomic mass is 19.1. The molecule has 114 valence electrons. The molecule has 1 unspecified atom stereocenters. The molecular formula is C15H19FN2O3. The number of carboxylic acid groups (broad SMARTS) is 1. The van der Waals surface area contributed by atoms with E-state index in [1.54, 1.807) is 26.0 Å². The molecule has 0 spiro atoms. The summed E-state index contributed by atoms with van der Waals surface area (Å²) in [5.41, 5.74) is 0.0635. The van der Waals surface area contributed by atoms with Crippen LogP contribution in [-0.2, 0) is 4.79 Å². The van der Waals surface area contributed by atoms with Crippen molar-refractivity contribution in [2.75, 3.05) is 18.4 Å². The molecule has 5 nitrogen and oxygen atoms in total. The van der Waals surface area contributed by atoms with Gasteiger partial charge < -0.3 is 15.3 Å². The summed E-state index contributed by atoms with van der Waals surface area (Å²) in [5.74, 6) is -1.39. The summed E-state index contributed by atoms with van der Waals surface area (Å²) in [6, 6.07) is 4.00. The quantitative estimate of drug-likeness (QED) is 0.900. The highest BCUT2D eigenvalue weighted by Crippen LogP contribution is 2.34. The SMILES string of the molecule is CCC1(C(=O)O)CCN(C(=O)Nc2cc(C)ccc2F)C1. The van der Waals surface area contributed by atoms with Crippen LogP contribution in [0.2, 0.25) is 0 Å². The molecule has 0 radical (unpaired) electrons. The molecular weight excluding hydrogens is 275 g/mol. The fraction of sp³-hybridized carbons (Fsp3) is 0.467. The molecule has 0 aliphatic carbocycles. The van der Waals surface area contributed by atoms with E-state index in [1.165, 1.54) is 11.0 Å². The zero-order chi connectivity index (χ0) is 15.6. The smallest absolute Gasteiger partial charge is 0.321 e. The van der Waals surface area contributed by atoms with Crippen molar-refractivity contribution in [3.63, 3.8) is 0 Å². The molecule has 2 rings (SSSR count). The van der Waals surface area contributed by atoms with Gasteiger partial charge in [-0.3, -0.25) is 4.79 Å². The van der Waals surface area contributed by atoms with Gasteiger partial charge in [-0.15, -0.1) is 0 Å². The Morgan fingerprint density at radius 3 is 2.76 bits per heavy atom. The minimum absolute atomic E-state index is 0.115. The zero-order valence-electron chi connectivity index (χ0n) is 12.1. The largest absolute Gasteiger partial charge is 0.481 e. The van der Waals surface area contributed by atoms with Crippen LogP contribution in [-0.4, -0.2) is 35.1 Å². The summed E-state index contributed by atoms with van der Waals surface area (Å²) < 4.78 is 13.6. The number of carbonyl (C=O) groups is 2. The van der Waals surface area contributed by atoms with Crippen molar-refractivity contribution in [3.05, 3.63) is 29.6 Å². The van der Waals surface area contributed by atoms with E-state index in [0.717, 1.165) is 5.56 Å². The van der Waals surface area contributed by atoms with Gasteiger partial charge in [0, 0.05) is 13.1 Å². The number of urea groups is 1. The summed E-state index contributed by atoms with van der Waals surface area (Å²) in [7, 11) is 0. The number of nitrogens with one attached hydrogen (secondary N) is 1. The first-order valence-electron chi connectivity index (χ1n) is 6.93. The van der Waals surface area contributed by atoms with E-state index >= 15 is 0 Å². The number of halogens is 1. The van der Waals surface area contributed by atoms with Crippen LogP contribution in [0.1, 0.15) is 25.3 Å². The number of hydrogen-bond acceptors (Lipinski definition) is 2. The lowest BCUT2D eigenvalue weighted by Gasteiger charge is -2.23. The Hall–Kier alpha value is -2.11. The van der Waals surface area contributed by atoms with Crippen LogP contribution in [0.4, 0.5) is 14.9 Å². The number of carbonyl (C=O) groups excluding carboxylic acids is 1. The van der Waals surface area contributed by atoms with Crippen molar-refractivity contribution < 1.29 is 19.1 Å². The van der Waals surface area contributed by atoms with Gasteiger partial charge in [0.1, 0.15) is 5.82 Å². The third-order valence-electron chi connectivity index (χ3n) is 4.13. The Bertz CT molecular complexity index is 576. The maximum atomic E-state index is 13.6. The van der Waals surface area contributed by atoms with Crippen molar-refractivity contribution >= 4 is 17.7 Å². The predicted molar refractivity (Wildman–Crippen MR) is 76.7 cm³/mol. The molecule has 1 aliphatic rings. The van der Waals surface area contributed by atoms with E-state index in [1.807, 2.05) is 0 Å². The summed E-state index contributed by atoms with van der Waals surface area (Å²) in [6.45, 7) is 4.12. The maximum Gasteiger partial charge on any atom is 0.321 e. The third kappa shape index (κ3) is 2.99. The van der Waals surface area contributed by atoms with Gasteiger partial charge in [0.15, 0.2) is 0 Å². The van der Waals surface area contributed by atoms with Crippen LogP contribution in [0, 0.1) is 18.2 Å². The number of hydrogen-bond donors (Lipinski definition) is 2. The van der Waals surface area contributed by atoms with Crippen LogP contribution >= 0.6 is 0 Å². The van der Waals surface area contributed by atoms with Crippen LogP contribution < -0.4 is 5.32 Å². The molecule has 1 fully saturated rings. The number of aliphatic carboxylic acids is 1. The average Bonchev–Trinajstić information content (AvgIpc) is 2.89. The Balaban J connectivity index is 2.09. The van der Waals surface area contributed by atoms with Crippen molar-refractivity contribution in [1.29, 1.82) is 0 Å². The summed E-state index contributed by atoms with van der Waals surface area (Å²) in [5, 5.41) is 11.8. The van der Waals surface area contributed by atoms with Gasteiger partial charge in [-0.25, -0.2) is 9.18 Å². The highest BCUT2D eigenvalue weighted by Gasteiger charge is 2.44. The molecule has 1 aliphatic heterocycles. The van der Waals surface area contributed by atoms with Gasteiger partial charge >= 0.3 is 12.0 Å². The zero-order valence-corrected chi connectivity index (χ0v) is 12.1. The Morgan fingerprint density at radius 2 is 2.19 bits per heavy atom. The van der Waals surface area contributed by atoms with E-state index in [2.05, 4.69) is 5.32 Å². The van der Waals surface area contributed by atoms with E-state index in [4.69, 9.17) is 0 Å². The fourth-order valence-electron chi connectivity index (χ4n) is 2.59. The number of nitrogens with zero attached hydrogens (tertiary/aromatic N) is 1. The van der Waals surface area contributed by atoms with Gasteiger partial charge in [-0.2, -0.15) is 0 Å². The van der Waals surface area contributed by atoms with Gasteiger partial charge in [0.2, 0.25) is 0 Å². The lowest BCUT2D eigenvalue weighted by atomic mass is 9.84. The van der Waals surface area contributed by atoms with Crippen molar-refractivity contribution in [2.45, 2.75) is 26.7 Å². The van der Waals surface area contributed by atoms with Crippen molar-refractivity contribution in [1.82, 2.24) is 4.90 Å². The van der Waals surface area contributed by atoms with Gasteiger partial charge in [-0.05, 0) is 37.5 Å².